The summed E-state index contributed by atoms with van der Waals surface area (Å²) in [6, 6.07) is 8.28. The van der Waals surface area contributed by atoms with Gasteiger partial charge in [-0.15, -0.1) is 10.2 Å². The third-order valence-electron chi connectivity index (χ3n) is 3.55. The number of nitrogen functional groups attached to an aromatic ring is 1. The number of aryl methyl sites for hydroxylation is 1. The summed E-state index contributed by atoms with van der Waals surface area (Å²) < 4.78 is 1.44. The Morgan fingerprint density at radius 3 is 2.68 bits per heavy atom. The SMILES string of the molecule is Cc1ccc(-c2nnc(S[C@H](C)C(=O)NC3CC3)n2N)cc1. The van der Waals surface area contributed by atoms with Crippen LogP contribution in [0.5, 0.6) is 0 Å². The Morgan fingerprint density at radius 1 is 1.36 bits per heavy atom. The molecule has 1 aromatic heterocycles. The van der Waals surface area contributed by atoms with Crippen LogP contribution in [0.3, 0.4) is 0 Å². The number of hydrogen-bond donors (Lipinski definition) is 2. The molecule has 116 valence electrons. The fourth-order valence-electron chi connectivity index (χ4n) is 2.01. The van der Waals surface area contributed by atoms with Crippen LogP contribution in [0.4, 0.5) is 0 Å². The highest BCUT2D eigenvalue weighted by Crippen LogP contribution is 2.26. The molecule has 0 saturated heterocycles. The molecule has 0 radical (unpaired) electrons. The van der Waals surface area contributed by atoms with Crippen LogP contribution in [-0.2, 0) is 4.79 Å². The third-order valence-corrected chi connectivity index (χ3v) is 4.61. The highest BCUT2D eigenvalue weighted by atomic mass is 32.2. The largest absolute Gasteiger partial charge is 0.352 e. The van der Waals surface area contributed by atoms with Crippen molar-refractivity contribution in [3.8, 4) is 11.4 Å². The molecular formula is C15H19N5OS. The molecule has 3 N–H and O–H groups in total. The highest BCUT2D eigenvalue weighted by molar-refractivity contribution is 8.00. The van der Waals surface area contributed by atoms with Gasteiger partial charge in [-0.2, -0.15) is 0 Å². The van der Waals surface area contributed by atoms with Crippen molar-refractivity contribution >= 4 is 17.7 Å². The number of rotatable bonds is 5. The van der Waals surface area contributed by atoms with Gasteiger partial charge in [-0.1, -0.05) is 41.6 Å². The Labute approximate surface area is 133 Å². The normalized spacial score (nSPS) is 15.5. The van der Waals surface area contributed by atoms with Gasteiger partial charge in [0.1, 0.15) is 0 Å². The molecule has 0 aliphatic heterocycles. The number of nitrogens with two attached hydrogens (primary N) is 1. The maximum Gasteiger partial charge on any atom is 0.233 e. The molecule has 2 aromatic rings. The van der Waals surface area contributed by atoms with Crippen molar-refractivity contribution in [2.75, 3.05) is 5.84 Å². The molecule has 22 heavy (non-hydrogen) atoms. The highest BCUT2D eigenvalue weighted by Gasteiger charge is 2.27. The number of benzene rings is 1. The van der Waals surface area contributed by atoms with Gasteiger partial charge in [-0.3, -0.25) is 4.79 Å². The molecule has 1 aliphatic rings. The zero-order valence-electron chi connectivity index (χ0n) is 12.6. The standard InChI is InChI=1S/C15H19N5OS/c1-9-3-5-11(6-4-9)13-18-19-15(20(13)16)22-10(2)14(21)17-12-7-8-12/h3-6,10,12H,7-8,16H2,1-2H3,(H,17,21)/t10-/m1/s1. The molecule has 0 bridgehead atoms. The van der Waals surface area contributed by atoms with Gasteiger partial charge < -0.3 is 11.2 Å². The second-order valence-electron chi connectivity index (χ2n) is 5.59. The van der Waals surface area contributed by atoms with Crippen molar-refractivity contribution in [3.63, 3.8) is 0 Å². The Kier molecular flexibility index (Phi) is 4.06. The lowest BCUT2D eigenvalue weighted by molar-refractivity contribution is -0.120. The maximum absolute atomic E-state index is 12.0. The van der Waals surface area contributed by atoms with E-state index in [2.05, 4.69) is 15.5 Å². The Morgan fingerprint density at radius 2 is 2.05 bits per heavy atom. The first-order valence-electron chi connectivity index (χ1n) is 7.29. The van der Waals surface area contributed by atoms with E-state index >= 15 is 0 Å². The van der Waals surface area contributed by atoms with Gasteiger partial charge in [0, 0.05) is 11.6 Å². The molecule has 3 rings (SSSR count). The van der Waals surface area contributed by atoms with Crippen LogP contribution < -0.4 is 11.2 Å². The van der Waals surface area contributed by atoms with E-state index in [1.165, 1.54) is 22.0 Å². The molecular weight excluding hydrogens is 298 g/mol. The number of hydrogen-bond acceptors (Lipinski definition) is 5. The molecule has 1 fully saturated rings. The quantitative estimate of drug-likeness (QED) is 0.648. The average Bonchev–Trinajstić information content (AvgIpc) is 3.24. The minimum absolute atomic E-state index is 0.0207. The Bertz CT molecular complexity index is 678. The predicted octanol–water partition coefficient (Wildman–Crippen LogP) is 1.73. The number of aromatic nitrogens is 3. The van der Waals surface area contributed by atoms with Gasteiger partial charge in [0.15, 0.2) is 5.82 Å². The zero-order valence-corrected chi connectivity index (χ0v) is 13.4. The molecule has 1 aromatic carbocycles. The molecule has 1 aliphatic carbocycles. The first-order valence-corrected chi connectivity index (χ1v) is 8.17. The van der Waals surface area contributed by atoms with E-state index in [1.54, 1.807) is 0 Å². The van der Waals surface area contributed by atoms with Crippen LogP contribution in [0.15, 0.2) is 29.4 Å². The van der Waals surface area contributed by atoms with E-state index < -0.39 is 0 Å². The summed E-state index contributed by atoms with van der Waals surface area (Å²) in [5.41, 5.74) is 2.08. The monoisotopic (exact) mass is 317 g/mol. The summed E-state index contributed by atoms with van der Waals surface area (Å²) in [6.45, 7) is 3.88. The van der Waals surface area contributed by atoms with E-state index in [0.29, 0.717) is 17.0 Å². The fraction of sp³-hybridized carbons (Fsp3) is 0.400. The van der Waals surface area contributed by atoms with Gasteiger partial charge in [-0.25, -0.2) is 4.68 Å². The zero-order chi connectivity index (χ0) is 15.7. The van der Waals surface area contributed by atoms with Crippen molar-refractivity contribution in [1.82, 2.24) is 20.2 Å². The van der Waals surface area contributed by atoms with Crippen LogP contribution in [0.2, 0.25) is 0 Å². The molecule has 6 nitrogen and oxygen atoms in total. The van der Waals surface area contributed by atoms with E-state index in [9.17, 15) is 4.79 Å². The first kappa shape index (κ1) is 14.9. The molecule has 7 heteroatoms. The number of thioether (sulfide) groups is 1. The van der Waals surface area contributed by atoms with Crippen molar-refractivity contribution in [2.45, 2.75) is 43.1 Å². The van der Waals surface area contributed by atoms with Crippen LogP contribution in [0.25, 0.3) is 11.4 Å². The minimum Gasteiger partial charge on any atom is -0.352 e. The lowest BCUT2D eigenvalue weighted by Crippen LogP contribution is -2.32. The fourth-order valence-corrected chi connectivity index (χ4v) is 2.79. The van der Waals surface area contributed by atoms with Gasteiger partial charge in [0.2, 0.25) is 11.1 Å². The minimum atomic E-state index is -0.252. The summed E-state index contributed by atoms with van der Waals surface area (Å²) in [5.74, 6) is 6.69. The number of nitrogens with one attached hydrogen (secondary N) is 1. The van der Waals surface area contributed by atoms with Gasteiger partial charge in [0.05, 0.1) is 5.25 Å². The summed E-state index contributed by atoms with van der Waals surface area (Å²) in [5, 5.41) is 11.5. The van der Waals surface area contributed by atoms with E-state index in [4.69, 9.17) is 5.84 Å². The maximum atomic E-state index is 12.0. The number of carbonyl (C=O) groups excluding carboxylic acids is 1. The molecule has 0 spiro atoms. The van der Waals surface area contributed by atoms with Crippen LogP contribution >= 0.6 is 11.8 Å². The van der Waals surface area contributed by atoms with Gasteiger partial charge in [-0.05, 0) is 26.7 Å². The van der Waals surface area contributed by atoms with Crippen LogP contribution in [0, 0.1) is 6.92 Å². The number of carbonyl (C=O) groups is 1. The summed E-state index contributed by atoms with van der Waals surface area (Å²) in [7, 11) is 0. The predicted molar refractivity (Wildman–Crippen MR) is 86.8 cm³/mol. The summed E-state index contributed by atoms with van der Waals surface area (Å²) in [4.78, 5) is 12.0. The average molecular weight is 317 g/mol. The second kappa shape index (κ2) is 6.00. The van der Waals surface area contributed by atoms with Crippen molar-refractivity contribution in [3.05, 3.63) is 29.8 Å². The number of nitrogens with zero attached hydrogens (tertiary/aromatic N) is 3. The lowest BCUT2D eigenvalue weighted by Gasteiger charge is -2.10. The molecule has 1 saturated carbocycles. The van der Waals surface area contributed by atoms with Crippen molar-refractivity contribution in [1.29, 1.82) is 0 Å². The van der Waals surface area contributed by atoms with Gasteiger partial charge >= 0.3 is 0 Å². The van der Waals surface area contributed by atoms with Crippen molar-refractivity contribution < 1.29 is 4.79 Å². The first-order chi connectivity index (χ1) is 10.5. The van der Waals surface area contributed by atoms with Crippen LogP contribution in [0.1, 0.15) is 25.3 Å². The van der Waals surface area contributed by atoms with E-state index in [-0.39, 0.29) is 11.2 Å². The van der Waals surface area contributed by atoms with E-state index in [0.717, 1.165) is 18.4 Å². The van der Waals surface area contributed by atoms with Gasteiger partial charge in [0.25, 0.3) is 0 Å². The molecule has 1 heterocycles. The Balaban J connectivity index is 1.72. The van der Waals surface area contributed by atoms with E-state index in [1.807, 2.05) is 38.1 Å². The molecule has 0 unspecified atom stereocenters. The lowest BCUT2D eigenvalue weighted by atomic mass is 10.1. The van der Waals surface area contributed by atoms with Crippen molar-refractivity contribution in [2.24, 2.45) is 0 Å². The molecule has 1 amide bonds. The second-order valence-corrected chi connectivity index (χ2v) is 6.89. The summed E-state index contributed by atoms with van der Waals surface area (Å²) >= 11 is 1.32. The smallest absolute Gasteiger partial charge is 0.233 e. The van der Waals surface area contributed by atoms with Crippen LogP contribution in [-0.4, -0.2) is 32.1 Å². The topological polar surface area (TPSA) is 85.8 Å². The number of amides is 1. The summed E-state index contributed by atoms with van der Waals surface area (Å²) in [6.07, 6.45) is 2.15. The molecule has 1 atom stereocenters. The Hall–Kier alpha value is -2.02. The third kappa shape index (κ3) is 3.24.